The highest BCUT2D eigenvalue weighted by atomic mass is 15.4. The molecule has 0 aromatic rings. The van der Waals surface area contributed by atoms with Crippen molar-refractivity contribution in [3.05, 3.63) is 0 Å². The molecule has 0 radical (unpaired) electrons. The van der Waals surface area contributed by atoms with Crippen LogP contribution in [0.2, 0.25) is 0 Å². The Bertz CT molecular complexity index is 188. The smallest absolute Gasteiger partial charge is 0.0447 e. The molecule has 0 aliphatic carbocycles. The van der Waals surface area contributed by atoms with Crippen molar-refractivity contribution in [1.82, 2.24) is 4.90 Å². The minimum Gasteiger partial charge on any atom is -0.292 e. The van der Waals surface area contributed by atoms with E-state index < -0.39 is 6.50 Å². The van der Waals surface area contributed by atoms with Gasteiger partial charge in [0.1, 0.15) is 0 Å². The average molecular weight is 157 g/mol. The molecule has 1 heteroatoms. The molecule has 2 atom stereocenters. The van der Waals surface area contributed by atoms with Gasteiger partial charge < -0.3 is 0 Å². The van der Waals surface area contributed by atoms with Crippen molar-refractivity contribution in [2.45, 2.75) is 53.1 Å². The number of hydrogen-bond acceptors (Lipinski definition) is 1. The summed E-state index contributed by atoms with van der Waals surface area (Å²) in [5.41, 5.74) is -0.0434. The minimum atomic E-state index is -1.11. The lowest BCUT2D eigenvalue weighted by molar-refractivity contribution is 0.229. The quantitative estimate of drug-likeness (QED) is 0.488. The summed E-state index contributed by atoms with van der Waals surface area (Å²) in [6.07, 6.45) is 0. The van der Waals surface area contributed by atoms with Gasteiger partial charge in [0.2, 0.25) is 0 Å². The third-order valence-corrected chi connectivity index (χ3v) is 1.99. The highest BCUT2D eigenvalue weighted by Gasteiger charge is 2.47. The summed E-state index contributed by atoms with van der Waals surface area (Å²) in [4.78, 5) is 1.96. The number of nitrogens with zero attached hydrogens (tertiary/aromatic N) is 1. The van der Waals surface area contributed by atoms with Gasteiger partial charge in [0.05, 0.1) is 0 Å². The third-order valence-electron chi connectivity index (χ3n) is 1.99. The summed E-state index contributed by atoms with van der Waals surface area (Å²) < 4.78 is 15.7. The second-order valence-electron chi connectivity index (χ2n) is 5.44. The topological polar surface area (TPSA) is 3.01 Å². The largest absolute Gasteiger partial charge is 0.292 e. The molecule has 1 aliphatic rings. The van der Waals surface area contributed by atoms with E-state index in [4.69, 9.17) is 2.74 Å². The maximum Gasteiger partial charge on any atom is 0.0447 e. The molecule has 1 rings (SSSR count). The fourth-order valence-corrected chi connectivity index (χ4v) is 1.26. The predicted molar refractivity (Wildman–Crippen MR) is 49.7 cm³/mol. The van der Waals surface area contributed by atoms with Crippen molar-refractivity contribution in [1.29, 1.82) is 0 Å². The van der Waals surface area contributed by atoms with Crippen LogP contribution in [-0.4, -0.2) is 23.0 Å². The molecule has 0 aromatic heterocycles. The molecule has 1 fully saturated rings. The van der Waals surface area contributed by atoms with Gasteiger partial charge in [-0.3, -0.25) is 4.90 Å². The average Bonchev–Trinajstić information content (AvgIpc) is 2.29. The van der Waals surface area contributed by atoms with Crippen LogP contribution >= 0.6 is 0 Å². The van der Waals surface area contributed by atoms with Gasteiger partial charge in [-0.1, -0.05) is 20.8 Å². The maximum absolute atomic E-state index is 7.87. The fraction of sp³-hybridized carbons (Fsp3) is 1.00. The van der Waals surface area contributed by atoms with Crippen LogP contribution < -0.4 is 0 Å². The summed E-state index contributed by atoms with van der Waals surface area (Å²) in [6, 6.07) is 0.0556. The van der Waals surface area contributed by atoms with Crippen LogP contribution in [-0.2, 0) is 0 Å². The highest BCUT2D eigenvalue weighted by molar-refractivity contribution is 5.03. The van der Waals surface area contributed by atoms with E-state index in [0.29, 0.717) is 0 Å². The lowest BCUT2D eigenvalue weighted by Crippen LogP contribution is -2.31. The Hall–Kier alpha value is -0.0400. The van der Waals surface area contributed by atoms with E-state index in [-0.39, 0.29) is 17.0 Å². The highest BCUT2D eigenvalue weighted by Crippen LogP contribution is 2.39. The molecule has 0 spiro atoms. The molecule has 0 amide bonds. The monoisotopic (exact) mass is 157 g/mol. The SMILES string of the molecule is [2H]C1([2H])C(C(C)(C)C)N1C(C)(C)C. The Labute approximate surface area is 73.6 Å². The summed E-state index contributed by atoms with van der Waals surface area (Å²) in [7, 11) is 0. The van der Waals surface area contributed by atoms with E-state index in [9.17, 15) is 0 Å². The van der Waals surface area contributed by atoms with E-state index in [0.717, 1.165) is 0 Å². The van der Waals surface area contributed by atoms with Gasteiger partial charge in [0.15, 0.2) is 0 Å². The van der Waals surface area contributed by atoms with Crippen molar-refractivity contribution in [3.63, 3.8) is 0 Å². The minimum absolute atomic E-state index is 0.0246. The van der Waals surface area contributed by atoms with Gasteiger partial charge in [0, 0.05) is 20.8 Å². The van der Waals surface area contributed by atoms with Crippen molar-refractivity contribution in [3.8, 4) is 0 Å². The Morgan fingerprint density at radius 2 is 1.64 bits per heavy atom. The first-order chi connectivity index (χ1) is 5.49. The van der Waals surface area contributed by atoms with E-state index in [1.165, 1.54) is 0 Å². The van der Waals surface area contributed by atoms with Gasteiger partial charge in [-0.05, 0) is 26.2 Å². The molecule has 66 valence electrons. The zero-order valence-corrected chi connectivity index (χ0v) is 8.52. The van der Waals surface area contributed by atoms with Crippen LogP contribution in [0, 0.1) is 5.41 Å². The molecule has 1 heterocycles. The number of hydrogen-bond donors (Lipinski definition) is 0. The molecule has 11 heavy (non-hydrogen) atoms. The molecule has 1 saturated heterocycles. The Morgan fingerprint density at radius 3 is 1.73 bits per heavy atom. The van der Waals surface area contributed by atoms with E-state index in [1.54, 1.807) is 0 Å². The summed E-state index contributed by atoms with van der Waals surface area (Å²) >= 11 is 0. The van der Waals surface area contributed by atoms with Gasteiger partial charge in [-0.15, -0.1) is 0 Å². The molecule has 1 aliphatic heterocycles. The van der Waals surface area contributed by atoms with Crippen LogP contribution in [0.1, 0.15) is 44.3 Å². The van der Waals surface area contributed by atoms with Crippen molar-refractivity contribution >= 4 is 0 Å². The summed E-state index contributed by atoms with van der Waals surface area (Å²) in [6.45, 7) is 11.4. The zero-order chi connectivity index (χ0) is 10.7. The standard InChI is InChI=1S/C10H21N/c1-9(2,3)8-7-11(8)10(4,5)6/h8H,7H2,1-6H3/i7D2. The van der Waals surface area contributed by atoms with Crippen molar-refractivity contribution in [2.75, 3.05) is 6.50 Å². The normalized spacial score (nSPS) is 39.5. The van der Waals surface area contributed by atoms with Crippen LogP contribution in [0.5, 0.6) is 0 Å². The molecular weight excluding hydrogens is 134 g/mol. The fourth-order valence-electron chi connectivity index (χ4n) is 1.26. The lowest BCUT2D eigenvalue weighted by atomic mass is 9.91. The Morgan fingerprint density at radius 1 is 1.18 bits per heavy atom. The van der Waals surface area contributed by atoms with Gasteiger partial charge >= 0.3 is 0 Å². The number of rotatable bonds is 0. The third kappa shape index (κ3) is 1.96. The molecule has 0 aromatic carbocycles. The second kappa shape index (κ2) is 2.22. The first-order valence-electron chi connectivity index (χ1n) is 5.28. The summed E-state index contributed by atoms with van der Waals surface area (Å²) in [5.74, 6) is 0. The van der Waals surface area contributed by atoms with Crippen LogP contribution in [0.15, 0.2) is 0 Å². The first-order valence-corrected chi connectivity index (χ1v) is 4.28. The van der Waals surface area contributed by atoms with Crippen molar-refractivity contribution in [2.24, 2.45) is 5.41 Å². The Kier molecular flexibility index (Phi) is 1.31. The van der Waals surface area contributed by atoms with E-state index in [2.05, 4.69) is 41.5 Å². The van der Waals surface area contributed by atoms with Gasteiger partial charge in [-0.2, -0.15) is 0 Å². The van der Waals surface area contributed by atoms with Crippen LogP contribution in [0.25, 0.3) is 0 Å². The maximum atomic E-state index is 7.87. The van der Waals surface area contributed by atoms with E-state index >= 15 is 0 Å². The van der Waals surface area contributed by atoms with Crippen LogP contribution in [0.3, 0.4) is 0 Å². The molecule has 0 bridgehead atoms. The van der Waals surface area contributed by atoms with Crippen molar-refractivity contribution < 1.29 is 2.74 Å². The van der Waals surface area contributed by atoms with E-state index in [1.807, 2.05) is 4.90 Å². The van der Waals surface area contributed by atoms with Gasteiger partial charge in [0.25, 0.3) is 0 Å². The zero-order valence-electron chi connectivity index (χ0n) is 10.5. The molecule has 0 N–H and O–H groups in total. The predicted octanol–water partition coefficient (Wildman–Crippen LogP) is 2.52. The molecule has 2 unspecified atom stereocenters. The Balaban J connectivity index is 2.85. The van der Waals surface area contributed by atoms with Crippen LogP contribution in [0.4, 0.5) is 0 Å². The molecular formula is C10H21N. The molecule has 1 nitrogen and oxygen atoms in total. The van der Waals surface area contributed by atoms with Gasteiger partial charge in [-0.25, -0.2) is 0 Å². The summed E-state index contributed by atoms with van der Waals surface area (Å²) in [5, 5.41) is 0. The first kappa shape index (κ1) is 6.47. The second-order valence-corrected chi connectivity index (χ2v) is 5.44. The molecule has 0 saturated carbocycles. The lowest BCUT2D eigenvalue weighted by Gasteiger charge is -2.26.